The van der Waals surface area contributed by atoms with Gasteiger partial charge in [-0.1, -0.05) is 30.3 Å². The fourth-order valence-corrected chi connectivity index (χ4v) is 1.42. The number of carbonyl (C=O) groups is 1. The molecule has 0 fully saturated rings. The second-order valence-electron chi connectivity index (χ2n) is 3.14. The van der Waals surface area contributed by atoms with Crippen LogP contribution >= 0.6 is 0 Å². The molecule has 1 aliphatic heterocycles. The summed E-state index contributed by atoms with van der Waals surface area (Å²) in [6.45, 7) is 1.44. The molecule has 0 radical (unpaired) electrons. The molecule has 80 valence electrons. The van der Waals surface area contributed by atoms with E-state index < -0.39 is 0 Å². The first kappa shape index (κ1) is 11.3. The number of nitrogens with one attached hydrogen (secondary N) is 2. The van der Waals surface area contributed by atoms with Crippen LogP contribution in [0.4, 0.5) is 0 Å². The largest absolute Gasteiger partial charge is 0.412 e. The van der Waals surface area contributed by atoms with Crippen LogP contribution < -0.4 is 10.6 Å². The Morgan fingerprint density at radius 3 is 2.40 bits per heavy atom. The first-order valence-corrected chi connectivity index (χ1v) is 4.65. The predicted molar refractivity (Wildman–Crippen MR) is 59.0 cm³/mol. The van der Waals surface area contributed by atoms with Crippen molar-refractivity contribution in [3.8, 4) is 0 Å². The summed E-state index contributed by atoms with van der Waals surface area (Å²) in [4.78, 5) is 11.2. The Morgan fingerprint density at radius 1 is 1.00 bits per heavy atom. The lowest BCUT2D eigenvalue weighted by molar-refractivity contribution is -0.116. The first-order chi connectivity index (χ1) is 6.86. The molecule has 15 heavy (non-hydrogen) atoms. The van der Waals surface area contributed by atoms with Gasteiger partial charge in [0, 0.05) is 24.9 Å². The standard InChI is InChI=1S/C11H12N2O.H2O/c14-11-8-10(12-6-7-13-11)9-4-2-1-3-5-9;/h1-5,8,12H,6-7H2,(H,13,14);1H2. The first-order valence-electron chi connectivity index (χ1n) is 4.65. The van der Waals surface area contributed by atoms with Crippen LogP contribution in [0.15, 0.2) is 36.4 Å². The van der Waals surface area contributed by atoms with Crippen molar-refractivity contribution in [1.29, 1.82) is 0 Å². The molecule has 4 heteroatoms. The van der Waals surface area contributed by atoms with Crippen LogP contribution in [-0.2, 0) is 4.79 Å². The summed E-state index contributed by atoms with van der Waals surface area (Å²) in [5, 5.41) is 5.97. The van der Waals surface area contributed by atoms with Crippen molar-refractivity contribution in [2.45, 2.75) is 0 Å². The maximum Gasteiger partial charge on any atom is 0.246 e. The van der Waals surface area contributed by atoms with Crippen molar-refractivity contribution >= 4 is 11.6 Å². The zero-order valence-corrected chi connectivity index (χ0v) is 8.29. The summed E-state index contributed by atoms with van der Waals surface area (Å²) in [6, 6.07) is 9.84. The summed E-state index contributed by atoms with van der Waals surface area (Å²) in [7, 11) is 0. The molecule has 0 saturated heterocycles. The Balaban J connectivity index is 0.00000112. The van der Waals surface area contributed by atoms with Crippen LogP contribution in [-0.4, -0.2) is 24.5 Å². The number of rotatable bonds is 1. The minimum absolute atomic E-state index is 0. The van der Waals surface area contributed by atoms with Crippen LogP contribution in [0.25, 0.3) is 5.70 Å². The average molecular weight is 206 g/mol. The third-order valence-electron chi connectivity index (χ3n) is 2.10. The Kier molecular flexibility index (Phi) is 3.88. The monoisotopic (exact) mass is 206 g/mol. The third-order valence-corrected chi connectivity index (χ3v) is 2.10. The number of hydrogen-bond donors (Lipinski definition) is 2. The molecule has 1 aromatic carbocycles. The Morgan fingerprint density at radius 2 is 1.67 bits per heavy atom. The van der Waals surface area contributed by atoms with Gasteiger partial charge in [-0.15, -0.1) is 0 Å². The van der Waals surface area contributed by atoms with E-state index in [9.17, 15) is 4.79 Å². The lowest BCUT2D eigenvalue weighted by atomic mass is 10.1. The fraction of sp³-hybridized carbons (Fsp3) is 0.182. The lowest BCUT2D eigenvalue weighted by Gasteiger charge is -2.06. The van der Waals surface area contributed by atoms with E-state index >= 15 is 0 Å². The molecule has 0 spiro atoms. The summed E-state index contributed by atoms with van der Waals surface area (Å²) >= 11 is 0. The van der Waals surface area contributed by atoms with Gasteiger partial charge in [-0.25, -0.2) is 0 Å². The van der Waals surface area contributed by atoms with Gasteiger partial charge in [-0.3, -0.25) is 4.79 Å². The van der Waals surface area contributed by atoms with Gasteiger partial charge in [0.2, 0.25) is 5.91 Å². The quantitative estimate of drug-likeness (QED) is 0.674. The van der Waals surface area contributed by atoms with Gasteiger partial charge < -0.3 is 16.1 Å². The van der Waals surface area contributed by atoms with E-state index in [0.29, 0.717) is 6.54 Å². The van der Waals surface area contributed by atoms with E-state index in [0.717, 1.165) is 17.8 Å². The van der Waals surface area contributed by atoms with E-state index in [-0.39, 0.29) is 11.4 Å². The van der Waals surface area contributed by atoms with Crippen molar-refractivity contribution in [3.05, 3.63) is 42.0 Å². The zero-order valence-electron chi connectivity index (χ0n) is 8.29. The van der Waals surface area contributed by atoms with Crippen molar-refractivity contribution in [2.24, 2.45) is 0 Å². The third kappa shape index (κ3) is 2.82. The molecule has 4 nitrogen and oxygen atoms in total. The van der Waals surface area contributed by atoms with Crippen LogP contribution in [0.2, 0.25) is 0 Å². The molecule has 0 aliphatic carbocycles. The summed E-state index contributed by atoms with van der Waals surface area (Å²) in [6.07, 6.45) is 1.60. The second-order valence-corrected chi connectivity index (χ2v) is 3.14. The average Bonchev–Trinajstić information content (AvgIpc) is 2.44. The van der Waals surface area contributed by atoms with Crippen LogP contribution in [0, 0.1) is 0 Å². The SMILES string of the molecule is O.O=C1C=C(c2ccccc2)NCCN1. The molecule has 0 aromatic heterocycles. The van der Waals surface area contributed by atoms with Crippen LogP contribution in [0.1, 0.15) is 5.56 Å². The molecule has 4 N–H and O–H groups in total. The summed E-state index contributed by atoms with van der Waals surface area (Å²) < 4.78 is 0. The highest BCUT2D eigenvalue weighted by Gasteiger charge is 2.07. The highest BCUT2D eigenvalue weighted by molar-refractivity contribution is 5.95. The van der Waals surface area contributed by atoms with Crippen molar-refractivity contribution in [3.63, 3.8) is 0 Å². The van der Waals surface area contributed by atoms with E-state index in [2.05, 4.69) is 10.6 Å². The van der Waals surface area contributed by atoms with Gasteiger partial charge in [0.15, 0.2) is 0 Å². The molecule has 0 atom stereocenters. The minimum Gasteiger partial charge on any atom is -0.412 e. The Hall–Kier alpha value is -1.81. The molecule has 0 bridgehead atoms. The van der Waals surface area contributed by atoms with Gasteiger partial charge in [-0.05, 0) is 5.56 Å². The predicted octanol–water partition coefficient (Wildman–Crippen LogP) is -0.0778. The van der Waals surface area contributed by atoms with E-state index in [4.69, 9.17) is 0 Å². The Bertz CT molecular complexity index is 360. The highest BCUT2D eigenvalue weighted by atomic mass is 16.1. The molecule has 0 saturated carbocycles. The van der Waals surface area contributed by atoms with Gasteiger partial charge in [0.05, 0.1) is 0 Å². The number of amides is 1. The molecule has 1 amide bonds. The van der Waals surface area contributed by atoms with Gasteiger partial charge in [0.1, 0.15) is 0 Å². The molecular weight excluding hydrogens is 192 g/mol. The van der Waals surface area contributed by atoms with E-state index in [1.54, 1.807) is 6.08 Å². The minimum atomic E-state index is -0.0335. The summed E-state index contributed by atoms with van der Waals surface area (Å²) in [5.41, 5.74) is 1.94. The van der Waals surface area contributed by atoms with Gasteiger partial charge in [-0.2, -0.15) is 0 Å². The van der Waals surface area contributed by atoms with E-state index in [1.165, 1.54) is 0 Å². The Labute approximate surface area is 88.3 Å². The fourth-order valence-electron chi connectivity index (χ4n) is 1.42. The van der Waals surface area contributed by atoms with E-state index in [1.807, 2.05) is 30.3 Å². The zero-order chi connectivity index (χ0) is 9.80. The van der Waals surface area contributed by atoms with Gasteiger partial charge >= 0.3 is 0 Å². The molecule has 1 heterocycles. The second kappa shape index (κ2) is 5.17. The molecular formula is C11H14N2O2. The highest BCUT2D eigenvalue weighted by Crippen LogP contribution is 2.10. The molecule has 0 unspecified atom stereocenters. The normalized spacial score (nSPS) is 15.2. The molecule has 2 rings (SSSR count). The van der Waals surface area contributed by atoms with Crippen molar-refractivity contribution in [1.82, 2.24) is 10.6 Å². The topological polar surface area (TPSA) is 72.6 Å². The number of hydrogen-bond acceptors (Lipinski definition) is 2. The number of benzene rings is 1. The van der Waals surface area contributed by atoms with Crippen molar-refractivity contribution < 1.29 is 10.3 Å². The van der Waals surface area contributed by atoms with Crippen molar-refractivity contribution in [2.75, 3.05) is 13.1 Å². The smallest absolute Gasteiger partial charge is 0.246 e. The number of carbonyl (C=O) groups excluding carboxylic acids is 1. The maximum absolute atomic E-state index is 11.2. The maximum atomic E-state index is 11.2. The molecule has 1 aliphatic rings. The van der Waals surface area contributed by atoms with Crippen LogP contribution in [0.3, 0.4) is 0 Å². The van der Waals surface area contributed by atoms with Crippen LogP contribution in [0.5, 0.6) is 0 Å². The summed E-state index contributed by atoms with van der Waals surface area (Å²) in [5.74, 6) is -0.0335. The lowest BCUT2D eigenvalue weighted by Crippen LogP contribution is -2.25. The molecule has 1 aromatic rings. The van der Waals surface area contributed by atoms with Gasteiger partial charge in [0.25, 0.3) is 0 Å².